The summed E-state index contributed by atoms with van der Waals surface area (Å²) in [4.78, 5) is 42.5. The molecular weight excluding hydrogens is 464 g/mol. The van der Waals surface area contributed by atoms with E-state index in [9.17, 15) is 14.4 Å². The molecule has 3 aromatic rings. The van der Waals surface area contributed by atoms with Crippen LogP contribution in [0.3, 0.4) is 0 Å². The number of carbonyl (C=O) groups excluding carboxylic acids is 3. The summed E-state index contributed by atoms with van der Waals surface area (Å²) in [5.74, 6) is -1.66. The minimum atomic E-state index is -0.514. The first-order chi connectivity index (χ1) is 17.9. The fourth-order valence-corrected chi connectivity index (χ4v) is 5.42. The number of piperidine rings is 1. The van der Waals surface area contributed by atoms with E-state index in [0.29, 0.717) is 24.2 Å². The lowest BCUT2D eigenvalue weighted by Gasteiger charge is -2.43. The van der Waals surface area contributed by atoms with Gasteiger partial charge < -0.3 is 10.4 Å². The van der Waals surface area contributed by atoms with E-state index < -0.39 is 11.8 Å². The number of nitrogens with zero attached hydrogens (tertiary/aromatic N) is 1. The van der Waals surface area contributed by atoms with E-state index in [0.717, 1.165) is 16.7 Å². The molecule has 6 nitrogen and oxygen atoms in total. The summed E-state index contributed by atoms with van der Waals surface area (Å²) in [6.45, 7) is 4.88. The molecule has 0 spiro atoms. The van der Waals surface area contributed by atoms with Gasteiger partial charge in [-0.2, -0.15) is 0 Å². The standard InChI is InChI=1S/C31H34N2O4/c1-21-10-9-15-25(22(21)2)29-26(30(36)23-11-5-3-6-12-23)18-33(20-28(35)32-16-17-34)19-27(29)31(37)24-13-7-4-8-14-24/h3-15,26-27,29,34H,16-20H2,1-2H3,(H,32,35)/t26-,27-/m0/s1. The molecule has 0 saturated carbocycles. The summed E-state index contributed by atoms with van der Waals surface area (Å²) in [7, 11) is 0. The highest BCUT2D eigenvalue weighted by Gasteiger charge is 2.45. The van der Waals surface area contributed by atoms with Gasteiger partial charge in [0.1, 0.15) is 0 Å². The number of ketones is 2. The Bertz CT molecular complexity index is 1180. The highest BCUT2D eigenvalue weighted by molar-refractivity contribution is 6.02. The number of hydrogen-bond acceptors (Lipinski definition) is 5. The largest absolute Gasteiger partial charge is 0.395 e. The van der Waals surface area contributed by atoms with E-state index in [2.05, 4.69) is 5.32 Å². The molecule has 0 aliphatic carbocycles. The van der Waals surface area contributed by atoms with Crippen molar-refractivity contribution in [3.05, 3.63) is 107 Å². The van der Waals surface area contributed by atoms with Gasteiger partial charge in [-0.15, -0.1) is 0 Å². The smallest absolute Gasteiger partial charge is 0.234 e. The van der Waals surface area contributed by atoms with Gasteiger partial charge in [-0.25, -0.2) is 0 Å². The van der Waals surface area contributed by atoms with Crippen LogP contribution in [0.15, 0.2) is 78.9 Å². The van der Waals surface area contributed by atoms with Crippen molar-refractivity contribution < 1.29 is 19.5 Å². The molecule has 0 radical (unpaired) electrons. The maximum Gasteiger partial charge on any atom is 0.234 e. The summed E-state index contributed by atoms with van der Waals surface area (Å²) in [6.07, 6.45) is 0. The maximum absolute atomic E-state index is 14.0. The Labute approximate surface area is 218 Å². The number of rotatable bonds is 9. The number of hydrogen-bond donors (Lipinski definition) is 2. The average Bonchev–Trinajstić information content (AvgIpc) is 2.93. The molecule has 2 N–H and O–H groups in total. The molecular formula is C31H34N2O4. The summed E-state index contributed by atoms with van der Waals surface area (Å²) < 4.78 is 0. The van der Waals surface area contributed by atoms with E-state index >= 15 is 0 Å². The van der Waals surface area contributed by atoms with E-state index in [1.54, 1.807) is 0 Å². The number of nitrogens with one attached hydrogen (secondary N) is 1. The lowest BCUT2D eigenvalue weighted by Crippen LogP contribution is -2.53. The quantitative estimate of drug-likeness (QED) is 0.438. The van der Waals surface area contributed by atoms with Gasteiger partial charge in [-0.05, 0) is 30.5 Å². The normalized spacial score (nSPS) is 18.4. The molecule has 4 rings (SSSR count). The Hall–Kier alpha value is -3.61. The van der Waals surface area contributed by atoms with Crippen LogP contribution in [0.4, 0.5) is 0 Å². The predicted octanol–water partition coefficient (Wildman–Crippen LogP) is 3.81. The molecule has 3 aromatic carbocycles. The Balaban J connectivity index is 1.80. The number of amides is 1. The molecule has 2 atom stereocenters. The highest BCUT2D eigenvalue weighted by atomic mass is 16.3. The molecule has 1 aliphatic rings. The monoisotopic (exact) mass is 498 g/mol. The number of Topliss-reactive ketones (excluding diaryl/α,β-unsaturated/α-hetero) is 2. The Morgan fingerprint density at radius 2 is 1.35 bits per heavy atom. The van der Waals surface area contributed by atoms with Gasteiger partial charge in [0.15, 0.2) is 11.6 Å². The Morgan fingerprint density at radius 3 is 1.86 bits per heavy atom. The molecule has 1 saturated heterocycles. The van der Waals surface area contributed by atoms with Crippen LogP contribution in [0, 0.1) is 25.7 Å². The van der Waals surface area contributed by atoms with E-state index in [4.69, 9.17) is 5.11 Å². The van der Waals surface area contributed by atoms with Crippen molar-refractivity contribution in [1.29, 1.82) is 0 Å². The van der Waals surface area contributed by atoms with E-state index in [1.807, 2.05) is 97.6 Å². The van der Waals surface area contributed by atoms with Crippen LogP contribution in [-0.2, 0) is 4.79 Å². The molecule has 0 bridgehead atoms. The van der Waals surface area contributed by atoms with Gasteiger partial charge in [-0.1, -0.05) is 78.9 Å². The average molecular weight is 499 g/mol. The maximum atomic E-state index is 14.0. The number of aliphatic hydroxyl groups excluding tert-OH is 1. The third-order valence-electron chi connectivity index (χ3n) is 7.37. The summed E-state index contributed by atoms with van der Waals surface area (Å²) in [5.41, 5.74) is 4.40. The van der Waals surface area contributed by atoms with Crippen LogP contribution in [-0.4, -0.2) is 60.3 Å². The van der Waals surface area contributed by atoms with Crippen LogP contribution in [0.5, 0.6) is 0 Å². The molecule has 1 amide bonds. The van der Waals surface area contributed by atoms with Gasteiger partial charge in [-0.3, -0.25) is 19.3 Å². The fourth-order valence-electron chi connectivity index (χ4n) is 5.42. The van der Waals surface area contributed by atoms with Crippen LogP contribution in [0.2, 0.25) is 0 Å². The minimum Gasteiger partial charge on any atom is -0.395 e. The van der Waals surface area contributed by atoms with Crippen molar-refractivity contribution in [3.8, 4) is 0 Å². The van der Waals surface area contributed by atoms with Crippen LogP contribution in [0.25, 0.3) is 0 Å². The Morgan fingerprint density at radius 1 is 0.811 bits per heavy atom. The van der Waals surface area contributed by atoms with Crippen LogP contribution < -0.4 is 5.32 Å². The third kappa shape index (κ3) is 6.04. The van der Waals surface area contributed by atoms with Crippen molar-refractivity contribution in [2.75, 3.05) is 32.8 Å². The Kier molecular flexibility index (Phi) is 8.64. The van der Waals surface area contributed by atoms with Crippen molar-refractivity contribution >= 4 is 17.5 Å². The van der Waals surface area contributed by atoms with Gasteiger partial charge in [0.25, 0.3) is 0 Å². The number of aryl methyl sites for hydroxylation is 1. The number of carbonyl (C=O) groups is 3. The zero-order valence-electron chi connectivity index (χ0n) is 21.4. The lowest BCUT2D eigenvalue weighted by atomic mass is 9.67. The van der Waals surface area contributed by atoms with Gasteiger partial charge >= 0.3 is 0 Å². The second-order valence-corrected chi connectivity index (χ2v) is 9.76. The minimum absolute atomic E-state index is 0.0298. The first-order valence-corrected chi connectivity index (χ1v) is 12.7. The van der Waals surface area contributed by atoms with E-state index in [1.165, 1.54) is 0 Å². The molecule has 192 valence electrons. The zero-order valence-corrected chi connectivity index (χ0v) is 21.4. The highest BCUT2D eigenvalue weighted by Crippen LogP contribution is 2.42. The van der Waals surface area contributed by atoms with Crippen molar-refractivity contribution in [3.63, 3.8) is 0 Å². The van der Waals surface area contributed by atoms with Crippen molar-refractivity contribution in [1.82, 2.24) is 10.2 Å². The second-order valence-electron chi connectivity index (χ2n) is 9.76. The predicted molar refractivity (Wildman–Crippen MR) is 144 cm³/mol. The molecule has 1 fully saturated rings. The molecule has 1 aliphatic heterocycles. The number of likely N-dealkylation sites (tertiary alicyclic amines) is 1. The van der Waals surface area contributed by atoms with Gasteiger partial charge in [0.2, 0.25) is 5.91 Å². The fraction of sp³-hybridized carbons (Fsp3) is 0.323. The molecule has 37 heavy (non-hydrogen) atoms. The zero-order chi connectivity index (χ0) is 26.4. The number of aliphatic hydroxyl groups is 1. The second kappa shape index (κ2) is 12.1. The lowest BCUT2D eigenvalue weighted by molar-refractivity contribution is -0.123. The van der Waals surface area contributed by atoms with Crippen LogP contribution in [0.1, 0.15) is 43.3 Å². The van der Waals surface area contributed by atoms with Crippen LogP contribution >= 0.6 is 0 Å². The summed E-state index contributed by atoms with van der Waals surface area (Å²) >= 11 is 0. The summed E-state index contributed by atoms with van der Waals surface area (Å²) in [6, 6.07) is 24.4. The molecule has 6 heteroatoms. The number of benzene rings is 3. The van der Waals surface area contributed by atoms with Crippen molar-refractivity contribution in [2.24, 2.45) is 11.8 Å². The molecule has 0 unspecified atom stereocenters. The van der Waals surface area contributed by atoms with E-state index in [-0.39, 0.29) is 43.1 Å². The third-order valence-corrected chi connectivity index (χ3v) is 7.37. The van der Waals surface area contributed by atoms with Gasteiger partial charge in [0.05, 0.1) is 13.2 Å². The first-order valence-electron chi connectivity index (χ1n) is 12.7. The summed E-state index contributed by atoms with van der Waals surface area (Å²) in [5, 5.41) is 11.8. The SMILES string of the molecule is Cc1cccc(C2[C@@H](C(=O)c3ccccc3)CN(CC(=O)NCCO)C[C@@H]2C(=O)c2ccccc2)c1C. The first kappa shape index (κ1) is 26.5. The van der Waals surface area contributed by atoms with Gasteiger partial charge in [0, 0.05) is 48.5 Å². The topological polar surface area (TPSA) is 86.7 Å². The van der Waals surface area contributed by atoms with Crippen molar-refractivity contribution in [2.45, 2.75) is 19.8 Å². The molecule has 1 heterocycles. The molecule has 0 aromatic heterocycles.